The number of nitrogens with one attached hydrogen (secondary N) is 1. The molecule has 0 aliphatic heterocycles. The molecule has 0 radical (unpaired) electrons. The van der Waals surface area contributed by atoms with E-state index < -0.39 is 29.4 Å². The fraction of sp³-hybridized carbons (Fsp3) is 0.233. The van der Waals surface area contributed by atoms with Crippen LogP contribution in [0.2, 0.25) is 5.02 Å². The van der Waals surface area contributed by atoms with Gasteiger partial charge in [0.05, 0.1) is 21.7 Å². The summed E-state index contributed by atoms with van der Waals surface area (Å²) in [4.78, 5) is 25.0. The van der Waals surface area contributed by atoms with E-state index in [1.165, 1.54) is 6.07 Å². The van der Waals surface area contributed by atoms with E-state index in [4.69, 9.17) is 16.3 Å². The van der Waals surface area contributed by atoms with Gasteiger partial charge >= 0.3 is 12.1 Å². The molecule has 5 rings (SSSR count). The van der Waals surface area contributed by atoms with Crippen molar-refractivity contribution >= 4 is 40.9 Å². The Morgan fingerprint density at radius 1 is 1.10 bits per heavy atom. The summed E-state index contributed by atoms with van der Waals surface area (Å²) in [6.07, 6.45) is -0.0252. The molecule has 6 nitrogen and oxygen atoms in total. The maximum absolute atomic E-state index is 15.4. The molecule has 1 atom stereocenters. The quantitative estimate of drug-likeness (QED) is 0.235. The Balaban J connectivity index is 1.38. The smallest absolute Gasteiger partial charge is 0.412 e. The van der Waals surface area contributed by atoms with Gasteiger partial charge in [-0.15, -0.1) is 0 Å². The molecule has 1 aromatic heterocycles. The Bertz CT molecular complexity index is 1580. The van der Waals surface area contributed by atoms with Gasteiger partial charge in [-0.1, -0.05) is 54.1 Å². The zero-order valence-electron chi connectivity index (χ0n) is 21.5. The van der Waals surface area contributed by atoms with Crippen LogP contribution in [0.4, 0.5) is 14.9 Å². The number of aliphatic carboxylic acids is 1. The highest BCUT2D eigenvalue weighted by molar-refractivity contribution is 7.10. The second-order valence-electron chi connectivity index (χ2n) is 9.78. The topological polar surface area (TPSA) is 88.5 Å². The maximum Gasteiger partial charge on any atom is 0.412 e. The summed E-state index contributed by atoms with van der Waals surface area (Å²) >= 11 is 7.39. The fourth-order valence-corrected chi connectivity index (χ4v) is 5.95. The molecule has 1 aliphatic rings. The van der Waals surface area contributed by atoms with Crippen molar-refractivity contribution in [2.75, 3.05) is 5.32 Å². The Morgan fingerprint density at radius 3 is 2.44 bits per heavy atom. The number of aryl methyl sites for hydroxylation is 2. The second-order valence-corrected chi connectivity index (χ2v) is 11.0. The molecule has 9 heteroatoms. The van der Waals surface area contributed by atoms with Crippen molar-refractivity contribution in [3.05, 3.63) is 93.9 Å². The van der Waals surface area contributed by atoms with Gasteiger partial charge in [0.25, 0.3) is 0 Å². The van der Waals surface area contributed by atoms with E-state index in [9.17, 15) is 14.7 Å². The normalized spacial score (nSPS) is 14.5. The molecule has 1 fully saturated rings. The highest BCUT2D eigenvalue weighted by atomic mass is 35.5. The van der Waals surface area contributed by atoms with Crippen LogP contribution >= 0.6 is 23.1 Å². The van der Waals surface area contributed by atoms with Gasteiger partial charge in [-0.05, 0) is 80.0 Å². The summed E-state index contributed by atoms with van der Waals surface area (Å²) < 4.78 is 25.4. The van der Waals surface area contributed by atoms with Crippen LogP contribution < -0.4 is 5.32 Å². The van der Waals surface area contributed by atoms with E-state index >= 15 is 4.39 Å². The minimum atomic E-state index is -0.826. The average molecular weight is 565 g/mol. The fourth-order valence-electron chi connectivity index (χ4n) is 4.73. The lowest BCUT2D eigenvalue weighted by Crippen LogP contribution is -2.19. The SMILES string of the molecule is Cc1cc(-c2ccc(C3(C(=O)O)CC3)cc2)c(F)cc1-c1snc(C)c1NC(=O)O[C@H](C)c1ccccc1Cl. The summed E-state index contributed by atoms with van der Waals surface area (Å²) in [6.45, 7) is 5.36. The first-order valence-electron chi connectivity index (χ1n) is 12.4. The minimum absolute atomic E-state index is 0.409. The van der Waals surface area contributed by atoms with E-state index in [2.05, 4.69) is 9.69 Å². The third-order valence-electron chi connectivity index (χ3n) is 7.18. The van der Waals surface area contributed by atoms with E-state index in [1.807, 2.05) is 13.0 Å². The molecule has 0 spiro atoms. The highest BCUT2D eigenvalue weighted by Crippen LogP contribution is 2.49. The van der Waals surface area contributed by atoms with Crippen molar-refractivity contribution in [1.29, 1.82) is 0 Å². The van der Waals surface area contributed by atoms with E-state index in [-0.39, 0.29) is 0 Å². The van der Waals surface area contributed by atoms with E-state index in [0.717, 1.165) is 22.7 Å². The number of hydrogen-bond acceptors (Lipinski definition) is 5. The number of aromatic nitrogens is 1. The molecule has 39 heavy (non-hydrogen) atoms. The minimum Gasteiger partial charge on any atom is -0.481 e. The van der Waals surface area contributed by atoms with Gasteiger partial charge in [-0.25, -0.2) is 9.18 Å². The van der Waals surface area contributed by atoms with Crippen molar-refractivity contribution in [2.45, 2.75) is 45.1 Å². The molecule has 2 N–H and O–H groups in total. The predicted octanol–water partition coefficient (Wildman–Crippen LogP) is 8.31. The molecule has 1 aliphatic carbocycles. The Kier molecular flexibility index (Phi) is 7.18. The van der Waals surface area contributed by atoms with E-state index in [0.29, 0.717) is 56.4 Å². The van der Waals surface area contributed by atoms with Crippen molar-refractivity contribution in [3.8, 4) is 21.6 Å². The van der Waals surface area contributed by atoms with Gasteiger partial charge in [0, 0.05) is 21.7 Å². The Morgan fingerprint density at radius 2 is 1.79 bits per heavy atom. The van der Waals surface area contributed by atoms with Crippen LogP contribution in [0.5, 0.6) is 0 Å². The van der Waals surface area contributed by atoms with Crippen LogP contribution in [0.3, 0.4) is 0 Å². The van der Waals surface area contributed by atoms with Crippen LogP contribution in [0.15, 0.2) is 60.7 Å². The Labute approximate surface area is 234 Å². The lowest BCUT2D eigenvalue weighted by atomic mass is 9.92. The molecule has 1 heterocycles. The van der Waals surface area contributed by atoms with Gasteiger partial charge < -0.3 is 9.84 Å². The number of carboxylic acids is 1. The summed E-state index contributed by atoms with van der Waals surface area (Å²) in [6, 6.07) is 17.4. The molecule has 3 aromatic carbocycles. The number of rotatable bonds is 7. The van der Waals surface area contributed by atoms with Crippen molar-refractivity contribution in [2.24, 2.45) is 0 Å². The van der Waals surface area contributed by atoms with Crippen molar-refractivity contribution < 1.29 is 23.8 Å². The van der Waals surface area contributed by atoms with Crippen LogP contribution in [-0.2, 0) is 14.9 Å². The molecule has 0 unspecified atom stereocenters. The number of anilines is 1. The molecular formula is C30H26ClFN2O4S. The zero-order chi connectivity index (χ0) is 27.9. The molecule has 1 amide bonds. The lowest BCUT2D eigenvalue weighted by Gasteiger charge is -2.16. The van der Waals surface area contributed by atoms with Crippen molar-refractivity contribution in [1.82, 2.24) is 4.37 Å². The predicted molar refractivity (Wildman–Crippen MR) is 151 cm³/mol. The zero-order valence-corrected chi connectivity index (χ0v) is 23.1. The third kappa shape index (κ3) is 5.14. The van der Waals surface area contributed by atoms with E-state index in [1.54, 1.807) is 62.4 Å². The molecule has 0 saturated heterocycles. The molecule has 200 valence electrons. The van der Waals surface area contributed by atoms with Crippen LogP contribution in [0.25, 0.3) is 21.6 Å². The van der Waals surface area contributed by atoms with Crippen LogP contribution in [0, 0.1) is 19.7 Å². The summed E-state index contributed by atoms with van der Waals surface area (Å²) in [5, 5.41) is 12.8. The summed E-state index contributed by atoms with van der Waals surface area (Å²) in [5.41, 5.74) is 4.13. The molecule has 4 aromatic rings. The van der Waals surface area contributed by atoms with Crippen molar-refractivity contribution in [3.63, 3.8) is 0 Å². The van der Waals surface area contributed by atoms with Gasteiger partial charge in [-0.2, -0.15) is 4.37 Å². The number of carbonyl (C=O) groups excluding carboxylic acids is 1. The number of nitrogens with zero attached hydrogens (tertiary/aromatic N) is 1. The van der Waals surface area contributed by atoms with Gasteiger partial charge in [-0.3, -0.25) is 10.1 Å². The number of benzene rings is 3. The number of amides is 1. The first-order valence-corrected chi connectivity index (χ1v) is 13.6. The monoisotopic (exact) mass is 564 g/mol. The van der Waals surface area contributed by atoms with Crippen LogP contribution in [-0.4, -0.2) is 21.5 Å². The molecule has 0 bridgehead atoms. The average Bonchev–Trinajstić information content (AvgIpc) is 3.65. The van der Waals surface area contributed by atoms with Gasteiger partial charge in [0.15, 0.2) is 0 Å². The van der Waals surface area contributed by atoms with Gasteiger partial charge in [0.2, 0.25) is 0 Å². The number of halogens is 2. The summed E-state index contributed by atoms with van der Waals surface area (Å²) in [7, 11) is 0. The number of carbonyl (C=O) groups is 2. The highest BCUT2D eigenvalue weighted by Gasteiger charge is 2.51. The standard InChI is InChI=1S/C30H26ClFN2O4S/c1-16-14-23(19-8-10-20(11-9-19)30(12-13-30)28(35)36)25(32)15-22(16)27-26(17(2)34-39-27)33-29(37)38-18(3)21-6-4-5-7-24(21)31/h4-11,14-15,18H,12-13H2,1-3H3,(H,33,37)(H,35,36)/t18-/m1/s1. The Hall–Kier alpha value is -3.75. The molecular weight excluding hydrogens is 539 g/mol. The lowest BCUT2D eigenvalue weighted by molar-refractivity contribution is -0.140. The van der Waals surface area contributed by atoms with Gasteiger partial charge in [0.1, 0.15) is 11.9 Å². The number of hydrogen-bond donors (Lipinski definition) is 2. The first-order chi connectivity index (χ1) is 18.6. The second kappa shape index (κ2) is 10.4. The summed E-state index contributed by atoms with van der Waals surface area (Å²) in [5.74, 6) is -1.26. The maximum atomic E-state index is 15.4. The molecule has 1 saturated carbocycles. The number of carboxylic acid groups (broad SMARTS) is 1. The third-order valence-corrected chi connectivity index (χ3v) is 8.50. The first kappa shape index (κ1) is 26.8. The largest absolute Gasteiger partial charge is 0.481 e. The van der Waals surface area contributed by atoms with Crippen LogP contribution in [0.1, 0.15) is 48.3 Å². The number of ether oxygens (including phenoxy) is 1.